The van der Waals surface area contributed by atoms with E-state index in [2.05, 4.69) is 16.3 Å². The Labute approximate surface area is 128 Å². The van der Waals surface area contributed by atoms with Crippen molar-refractivity contribution in [3.63, 3.8) is 0 Å². The Bertz CT molecular complexity index is 428. The number of amides is 1. The van der Waals surface area contributed by atoms with E-state index in [1.807, 2.05) is 25.5 Å². The molecule has 1 saturated heterocycles. The van der Waals surface area contributed by atoms with Crippen molar-refractivity contribution in [1.82, 2.24) is 10.2 Å². The summed E-state index contributed by atoms with van der Waals surface area (Å²) >= 11 is 3.48. The van der Waals surface area contributed by atoms with E-state index < -0.39 is 5.60 Å². The molecule has 1 amide bonds. The fourth-order valence-corrected chi connectivity index (χ4v) is 4.40. The molecular weight excluding hydrogens is 292 g/mol. The maximum atomic E-state index is 12.2. The molecule has 2 N–H and O–H groups in total. The summed E-state index contributed by atoms with van der Waals surface area (Å²) in [7, 11) is 4.00. The van der Waals surface area contributed by atoms with Crippen LogP contribution in [-0.4, -0.2) is 53.7 Å². The van der Waals surface area contributed by atoms with Gasteiger partial charge in [-0.25, -0.2) is 0 Å². The highest BCUT2D eigenvalue weighted by Gasteiger charge is 2.37. The number of likely N-dealkylation sites (N-methyl/N-ethyl adjacent to an activating group) is 1. The third-order valence-corrected chi connectivity index (χ3v) is 5.65. The molecule has 0 aromatic carbocycles. The van der Waals surface area contributed by atoms with E-state index in [0.717, 1.165) is 11.5 Å². The number of carbonyl (C=O) groups excluding carboxylic acids is 1. The molecule has 20 heavy (non-hydrogen) atoms. The first-order valence-corrected chi connectivity index (χ1v) is 8.84. The number of nitrogens with zero attached hydrogens (tertiary/aromatic N) is 1. The number of nitrogens with one attached hydrogen (secondary N) is 1. The second kappa shape index (κ2) is 6.93. The molecule has 2 heterocycles. The predicted molar refractivity (Wildman–Crippen MR) is 85.3 cm³/mol. The first kappa shape index (κ1) is 15.8. The molecule has 0 aliphatic carbocycles. The summed E-state index contributed by atoms with van der Waals surface area (Å²) in [5, 5.41) is 15.4. The first-order valence-electron chi connectivity index (χ1n) is 6.81. The van der Waals surface area contributed by atoms with Crippen LogP contribution >= 0.6 is 23.1 Å². The molecule has 0 radical (unpaired) electrons. The number of aliphatic hydroxyl groups is 1. The van der Waals surface area contributed by atoms with Gasteiger partial charge in [-0.05, 0) is 49.9 Å². The van der Waals surface area contributed by atoms with Crippen molar-refractivity contribution in [3.8, 4) is 0 Å². The summed E-state index contributed by atoms with van der Waals surface area (Å²) in [4.78, 5) is 15.5. The molecule has 1 aliphatic heterocycles. The Morgan fingerprint density at radius 2 is 2.20 bits per heavy atom. The normalized spacial score (nSPS) is 19.8. The number of thioether (sulfide) groups is 1. The lowest BCUT2D eigenvalue weighted by atomic mass is 9.95. The van der Waals surface area contributed by atoms with Crippen molar-refractivity contribution >= 4 is 29.0 Å². The van der Waals surface area contributed by atoms with Gasteiger partial charge in [-0.2, -0.15) is 11.8 Å². The highest BCUT2D eigenvalue weighted by molar-refractivity contribution is 7.99. The van der Waals surface area contributed by atoms with Gasteiger partial charge in [-0.3, -0.25) is 4.79 Å². The number of carbonyl (C=O) groups is 1. The Kier molecular flexibility index (Phi) is 5.49. The van der Waals surface area contributed by atoms with Gasteiger partial charge >= 0.3 is 0 Å². The van der Waals surface area contributed by atoms with Crippen LogP contribution in [0.25, 0.3) is 0 Å². The van der Waals surface area contributed by atoms with Gasteiger partial charge < -0.3 is 15.3 Å². The monoisotopic (exact) mass is 314 g/mol. The fourth-order valence-electron chi connectivity index (χ4n) is 2.31. The summed E-state index contributed by atoms with van der Waals surface area (Å²) in [5.74, 6) is 1.49. The Balaban J connectivity index is 1.94. The third-order valence-electron chi connectivity index (χ3n) is 3.69. The molecule has 112 valence electrons. The van der Waals surface area contributed by atoms with Crippen molar-refractivity contribution in [2.24, 2.45) is 0 Å². The summed E-state index contributed by atoms with van der Waals surface area (Å²) < 4.78 is 0. The third kappa shape index (κ3) is 3.75. The minimum atomic E-state index is -1.17. The topological polar surface area (TPSA) is 52.6 Å². The van der Waals surface area contributed by atoms with E-state index in [-0.39, 0.29) is 11.9 Å². The van der Waals surface area contributed by atoms with Crippen molar-refractivity contribution in [3.05, 3.63) is 22.4 Å². The molecule has 0 spiro atoms. The fraction of sp³-hybridized carbons (Fsp3) is 0.643. The van der Waals surface area contributed by atoms with Crippen LogP contribution in [0.4, 0.5) is 0 Å². The van der Waals surface area contributed by atoms with Gasteiger partial charge in [0.25, 0.3) is 5.91 Å². The molecule has 4 nitrogen and oxygen atoms in total. The van der Waals surface area contributed by atoms with Crippen LogP contribution in [0.15, 0.2) is 17.5 Å². The van der Waals surface area contributed by atoms with Gasteiger partial charge in [-0.1, -0.05) is 6.07 Å². The maximum Gasteiger partial charge on any atom is 0.252 e. The zero-order chi connectivity index (χ0) is 14.6. The summed E-state index contributed by atoms with van der Waals surface area (Å²) in [5.41, 5.74) is -1.17. The van der Waals surface area contributed by atoms with Gasteiger partial charge in [-0.15, -0.1) is 11.3 Å². The molecule has 6 heteroatoms. The second-order valence-corrected chi connectivity index (χ2v) is 7.55. The van der Waals surface area contributed by atoms with E-state index in [1.54, 1.807) is 23.1 Å². The number of rotatable bonds is 5. The predicted octanol–water partition coefficient (Wildman–Crippen LogP) is 1.73. The van der Waals surface area contributed by atoms with Crippen molar-refractivity contribution in [2.75, 3.05) is 32.1 Å². The standard InChI is InChI=1S/C14H22N2O2S2/c1-16(2)11(12-4-3-7-20-12)10-15-13(17)14(18)5-8-19-9-6-14/h3-4,7,11,18H,5-6,8-10H2,1-2H3,(H,15,17). The highest BCUT2D eigenvalue weighted by Crippen LogP contribution is 2.28. The lowest BCUT2D eigenvalue weighted by Gasteiger charge is -2.31. The Hall–Kier alpha value is -0.560. The zero-order valence-corrected chi connectivity index (χ0v) is 13.6. The van der Waals surface area contributed by atoms with Crippen molar-refractivity contribution < 1.29 is 9.90 Å². The van der Waals surface area contributed by atoms with Crippen LogP contribution in [0.2, 0.25) is 0 Å². The lowest BCUT2D eigenvalue weighted by Crippen LogP contribution is -2.50. The van der Waals surface area contributed by atoms with Gasteiger partial charge in [0.2, 0.25) is 0 Å². The molecule has 1 fully saturated rings. The molecule has 1 unspecified atom stereocenters. The molecule has 0 saturated carbocycles. The summed E-state index contributed by atoms with van der Waals surface area (Å²) in [6.45, 7) is 0.530. The van der Waals surface area contributed by atoms with E-state index in [4.69, 9.17) is 0 Å². The van der Waals surface area contributed by atoms with Crippen LogP contribution < -0.4 is 5.32 Å². The van der Waals surface area contributed by atoms with Crippen molar-refractivity contribution in [2.45, 2.75) is 24.5 Å². The smallest absolute Gasteiger partial charge is 0.252 e. The summed E-state index contributed by atoms with van der Waals surface area (Å²) in [6, 6.07) is 4.25. The quantitative estimate of drug-likeness (QED) is 0.869. The SMILES string of the molecule is CN(C)C(CNC(=O)C1(O)CCSCC1)c1cccs1. The van der Waals surface area contributed by atoms with Gasteiger partial charge in [0, 0.05) is 11.4 Å². The molecular formula is C14H22N2O2S2. The van der Waals surface area contributed by atoms with E-state index >= 15 is 0 Å². The molecule has 2 rings (SSSR count). The number of thiophene rings is 1. The maximum absolute atomic E-state index is 12.2. The average molecular weight is 314 g/mol. The van der Waals surface area contributed by atoms with E-state index in [9.17, 15) is 9.90 Å². The molecule has 0 bridgehead atoms. The van der Waals surface area contributed by atoms with Gasteiger partial charge in [0.1, 0.15) is 5.60 Å². The van der Waals surface area contributed by atoms with E-state index in [1.165, 1.54) is 4.88 Å². The van der Waals surface area contributed by atoms with Crippen molar-refractivity contribution in [1.29, 1.82) is 0 Å². The van der Waals surface area contributed by atoms with Gasteiger partial charge in [0.15, 0.2) is 0 Å². The Morgan fingerprint density at radius 1 is 1.50 bits per heavy atom. The second-order valence-electron chi connectivity index (χ2n) is 5.35. The van der Waals surface area contributed by atoms with Crippen LogP contribution in [0.1, 0.15) is 23.8 Å². The average Bonchev–Trinajstić information content (AvgIpc) is 2.93. The van der Waals surface area contributed by atoms with E-state index in [0.29, 0.717) is 19.4 Å². The largest absolute Gasteiger partial charge is 0.380 e. The van der Waals surface area contributed by atoms with Crippen LogP contribution in [0.5, 0.6) is 0 Å². The zero-order valence-electron chi connectivity index (χ0n) is 12.0. The molecule has 1 aromatic heterocycles. The minimum absolute atomic E-state index is 0.153. The lowest BCUT2D eigenvalue weighted by molar-refractivity contribution is -0.140. The highest BCUT2D eigenvalue weighted by atomic mass is 32.2. The van der Waals surface area contributed by atoms with Gasteiger partial charge in [0.05, 0.1) is 6.04 Å². The first-order chi connectivity index (χ1) is 9.53. The Morgan fingerprint density at radius 3 is 2.75 bits per heavy atom. The van der Waals surface area contributed by atoms with Crippen LogP contribution in [-0.2, 0) is 4.79 Å². The molecule has 1 aliphatic rings. The minimum Gasteiger partial charge on any atom is -0.380 e. The molecule has 1 aromatic rings. The van der Waals surface area contributed by atoms with Crippen LogP contribution in [0.3, 0.4) is 0 Å². The van der Waals surface area contributed by atoms with Crippen LogP contribution in [0, 0.1) is 0 Å². The number of hydrogen-bond acceptors (Lipinski definition) is 5. The molecule has 1 atom stereocenters. The summed E-state index contributed by atoms with van der Waals surface area (Å²) in [6.07, 6.45) is 1.10. The number of hydrogen-bond donors (Lipinski definition) is 2.